The van der Waals surface area contributed by atoms with Crippen molar-refractivity contribution in [1.29, 1.82) is 0 Å². The minimum atomic E-state index is -0.586. The first-order valence-corrected chi connectivity index (χ1v) is 10.2. The van der Waals surface area contributed by atoms with Gasteiger partial charge in [0.1, 0.15) is 5.60 Å². The van der Waals surface area contributed by atoms with E-state index in [0.717, 1.165) is 22.3 Å². The highest BCUT2D eigenvalue weighted by Gasteiger charge is 2.18. The summed E-state index contributed by atoms with van der Waals surface area (Å²) in [6.45, 7) is 9.42. The van der Waals surface area contributed by atoms with E-state index in [1.807, 2.05) is 51.1 Å². The molecule has 2 aromatic carbocycles. The van der Waals surface area contributed by atoms with Gasteiger partial charge in [-0.15, -0.1) is 0 Å². The molecule has 2 aromatic rings. The molecule has 0 atom stereocenters. The van der Waals surface area contributed by atoms with Crippen LogP contribution in [0, 0.1) is 0 Å². The third-order valence-corrected chi connectivity index (χ3v) is 4.44. The topological polar surface area (TPSA) is 64.6 Å². The van der Waals surface area contributed by atoms with E-state index < -0.39 is 11.7 Å². The van der Waals surface area contributed by atoms with Gasteiger partial charge < -0.3 is 14.8 Å². The van der Waals surface area contributed by atoms with Crippen molar-refractivity contribution in [3.05, 3.63) is 71.3 Å². The van der Waals surface area contributed by atoms with Crippen LogP contribution in [0.25, 0.3) is 11.1 Å². The highest BCUT2D eigenvalue weighted by molar-refractivity contribution is 5.89. The standard InChI is InChI=1S/C25H31NO4/c1-6-29-23(27)18(2)22(17-26-24(28)30-25(3,4)5)16-19-12-14-21(15-13-19)20-10-8-7-9-11-20/h7-15H,6,16-17H2,1-5H3,(H,26,28). The first-order chi connectivity index (χ1) is 14.2. The third-order valence-electron chi connectivity index (χ3n) is 4.44. The number of amides is 1. The number of carbonyl (C=O) groups is 2. The molecule has 0 radical (unpaired) electrons. The lowest BCUT2D eigenvalue weighted by Gasteiger charge is -2.20. The van der Waals surface area contributed by atoms with E-state index >= 15 is 0 Å². The van der Waals surface area contributed by atoms with Gasteiger partial charge in [0.15, 0.2) is 0 Å². The molecule has 0 aliphatic heterocycles. The summed E-state index contributed by atoms with van der Waals surface area (Å²) >= 11 is 0. The zero-order valence-electron chi connectivity index (χ0n) is 18.5. The van der Waals surface area contributed by atoms with Crippen LogP contribution in [0.3, 0.4) is 0 Å². The predicted octanol–water partition coefficient (Wildman–Crippen LogP) is 5.30. The van der Waals surface area contributed by atoms with Gasteiger partial charge >= 0.3 is 12.1 Å². The van der Waals surface area contributed by atoms with Gasteiger partial charge in [-0.1, -0.05) is 54.6 Å². The molecule has 0 heterocycles. The van der Waals surface area contributed by atoms with Gasteiger partial charge in [-0.3, -0.25) is 0 Å². The van der Waals surface area contributed by atoms with Gasteiger partial charge in [0.05, 0.1) is 6.61 Å². The number of ether oxygens (including phenoxy) is 2. The van der Waals surface area contributed by atoms with Crippen LogP contribution in [-0.2, 0) is 20.7 Å². The minimum absolute atomic E-state index is 0.208. The summed E-state index contributed by atoms with van der Waals surface area (Å²) < 4.78 is 10.4. The van der Waals surface area contributed by atoms with Gasteiger partial charge in [0.25, 0.3) is 0 Å². The van der Waals surface area contributed by atoms with Crippen molar-refractivity contribution in [3.63, 3.8) is 0 Å². The maximum atomic E-state index is 12.3. The van der Waals surface area contributed by atoms with E-state index in [2.05, 4.69) is 29.6 Å². The van der Waals surface area contributed by atoms with Crippen molar-refractivity contribution in [2.24, 2.45) is 0 Å². The van der Waals surface area contributed by atoms with Crippen LogP contribution in [0.2, 0.25) is 0 Å². The molecular weight excluding hydrogens is 378 g/mol. The number of alkyl carbamates (subject to hydrolysis) is 1. The second-order valence-electron chi connectivity index (χ2n) is 8.04. The summed E-state index contributed by atoms with van der Waals surface area (Å²) in [7, 11) is 0. The van der Waals surface area contributed by atoms with Crippen molar-refractivity contribution >= 4 is 12.1 Å². The van der Waals surface area contributed by atoms with Crippen LogP contribution in [0.4, 0.5) is 4.79 Å². The van der Waals surface area contributed by atoms with Crippen molar-refractivity contribution in [2.45, 2.75) is 46.6 Å². The van der Waals surface area contributed by atoms with Crippen LogP contribution in [0.5, 0.6) is 0 Å². The summed E-state index contributed by atoms with van der Waals surface area (Å²) in [5.41, 5.74) is 4.01. The Morgan fingerprint density at radius 3 is 2.10 bits per heavy atom. The first-order valence-electron chi connectivity index (χ1n) is 10.2. The molecule has 0 bridgehead atoms. The Morgan fingerprint density at radius 1 is 0.933 bits per heavy atom. The molecule has 1 amide bonds. The lowest BCUT2D eigenvalue weighted by atomic mass is 9.98. The Morgan fingerprint density at radius 2 is 1.53 bits per heavy atom. The van der Waals surface area contributed by atoms with E-state index in [4.69, 9.17) is 9.47 Å². The number of hydrogen-bond donors (Lipinski definition) is 1. The third kappa shape index (κ3) is 7.39. The zero-order chi connectivity index (χ0) is 22.1. The van der Waals surface area contributed by atoms with Gasteiger partial charge in [0, 0.05) is 12.1 Å². The summed E-state index contributed by atoms with van der Waals surface area (Å²) in [4.78, 5) is 24.3. The molecule has 0 fully saturated rings. The Labute approximate surface area is 179 Å². The smallest absolute Gasteiger partial charge is 0.407 e. The molecule has 0 saturated carbocycles. The number of esters is 1. The van der Waals surface area contributed by atoms with E-state index in [0.29, 0.717) is 18.6 Å². The minimum Gasteiger partial charge on any atom is -0.463 e. The molecule has 5 heteroatoms. The average Bonchev–Trinajstić information content (AvgIpc) is 2.70. The number of benzene rings is 2. The maximum Gasteiger partial charge on any atom is 0.407 e. The summed E-state index contributed by atoms with van der Waals surface area (Å²) in [5.74, 6) is -0.376. The first kappa shape index (κ1) is 23.2. The molecule has 5 nitrogen and oxygen atoms in total. The maximum absolute atomic E-state index is 12.3. The molecule has 0 aromatic heterocycles. The number of rotatable bonds is 7. The number of nitrogens with one attached hydrogen (secondary N) is 1. The van der Waals surface area contributed by atoms with E-state index in [-0.39, 0.29) is 12.5 Å². The molecule has 0 aliphatic carbocycles. The van der Waals surface area contributed by atoms with Gasteiger partial charge in [-0.25, -0.2) is 9.59 Å². The predicted molar refractivity (Wildman–Crippen MR) is 119 cm³/mol. The fraction of sp³-hybridized carbons (Fsp3) is 0.360. The molecule has 30 heavy (non-hydrogen) atoms. The van der Waals surface area contributed by atoms with E-state index in [1.54, 1.807) is 13.8 Å². The molecule has 0 saturated heterocycles. The monoisotopic (exact) mass is 409 g/mol. The molecule has 0 unspecified atom stereocenters. The summed E-state index contributed by atoms with van der Waals surface area (Å²) in [6, 6.07) is 18.3. The van der Waals surface area contributed by atoms with Crippen molar-refractivity contribution < 1.29 is 19.1 Å². The SMILES string of the molecule is CCOC(=O)C(C)=C(CNC(=O)OC(C)(C)C)Cc1ccc(-c2ccccc2)cc1. The van der Waals surface area contributed by atoms with Gasteiger partial charge in [0.2, 0.25) is 0 Å². The molecular formula is C25H31NO4. The molecule has 160 valence electrons. The van der Waals surface area contributed by atoms with E-state index in [1.165, 1.54) is 0 Å². The van der Waals surface area contributed by atoms with Crippen LogP contribution < -0.4 is 5.32 Å². The van der Waals surface area contributed by atoms with Crippen LogP contribution in [-0.4, -0.2) is 30.8 Å². The van der Waals surface area contributed by atoms with Crippen LogP contribution >= 0.6 is 0 Å². The lowest BCUT2D eigenvalue weighted by Crippen LogP contribution is -2.34. The Hall–Kier alpha value is -3.08. The Bertz CT molecular complexity index is 878. The molecule has 2 rings (SSSR count). The van der Waals surface area contributed by atoms with Crippen molar-refractivity contribution in [1.82, 2.24) is 5.32 Å². The second kappa shape index (κ2) is 10.6. The Kier molecular flexibility index (Phi) is 8.22. The largest absolute Gasteiger partial charge is 0.463 e. The number of carbonyl (C=O) groups excluding carboxylic acids is 2. The molecule has 0 aliphatic rings. The fourth-order valence-electron chi connectivity index (χ4n) is 2.90. The highest BCUT2D eigenvalue weighted by Crippen LogP contribution is 2.21. The fourth-order valence-corrected chi connectivity index (χ4v) is 2.90. The van der Waals surface area contributed by atoms with Gasteiger partial charge in [-0.05, 0) is 63.3 Å². The average molecular weight is 410 g/mol. The molecule has 0 spiro atoms. The summed E-state index contributed by atoms with van der Waals surface area (Å²) in [6.07, 6.45) is 0.00581. The van der Waals surface area contributed by atoms with Crippen LogP contribution in [0.1, 0.15) is 40.2 Å². The number of hydrogen-bond acceptors (Lipinski definition) is 4. The van der Waals surface area contributed by atoms with E-state index in [9.17, 15) is 9.59 Å². The summed E-state index contributed by atoms with van der Waals surface area (Å²) in [5, 5.41) is 2.75. The second-order valence-corrected chi connectivity index (χ2v) is 8.04. The molecule has 1 N–H and O–H groups in total. The zero-order valence-corrected chi connectivity index (χ0v) is 18.5. The lowest BCUT2D eigenvalue weighted by molar-refractivity contribution is -0.138. The highest BCUT2D eigenvalue weighted by atomic mass is 16.6. The van der Waals surface area contributed by atoms with Gasteiger partial charge in [-0.2, -0.15) is 0 Å². The van der Waals surface area contributed by atoms with Crippen molar-refractivity contribution in [2.75, 3.05) is 13.2 Å². The quantitative estimate of drug-likeness (QED) is 0.498. The van der Waals surface area contributed by atoms with Crippen LogP contribution in [0.15, 0.2) is 65.7 Å². The normalized spacial score (nSPS) is 12.0. The van der Waals surface area contributed by atoms with Crippen molar-refractivity contribution in [3.8, 4) is 11.1 Å². The Balaban J connectivity index is 2.17.